The Labute approximate surface area is 168 Å². The van der Waals surface area contributed by atoms with Gasteiger partial charge in [-0.1, -0.05) is 12.1 Å². The van der Waals surface area contributed by atoms with Crippen LogP contribution in [0.4, 0.5) is 0 Å². The maximum absolute atomic E-state index is 12.3. The molecule has 2 aliphatic heterocycles. The first-order chi connectivity index (χ1) is 13.3. The summed E-state index contributed by atoms with van der Waals surface area (Å²) in [5, 5.41) is 0. The summed E-state index contributed by atoms with van der Waals surface area (Å²) in [6.45, 7) is 4.72. The summed E-state index contributed by atoms with van der Waals surface area (Å²) in [6.07, 6.45) is 3.39. The van der Waals surface area contributed by atoms with Crippen LogP contribution >= 0.6 is 23.5 Å². The Balaban J connectivity index is 1.28. The number of carbonyl (C=O) groups excluding carboxylic acids is 1. The summed E-state index contributed by atoms with van der Waals surface area (Å²) in [5.41, 5.74) is 1.76. The monoisotopic (exact) mass is 404 g/mol. The van der Waals surface area contributed by atoms with Gasteiger partial charge in [-0.3, -0.25) is 9.69 Å². The highest BCUT2D eigenvalue weighted by molar-refractivity contribution is 7.99. The lowest BCUT2D eigenvalue weighted by Gasteiger charge is -2.32. The van der Waals surface area contributed by atoms with Crippen LogP contribution in [0.5, 0.6) is 5.75 Å². The number of hydrogen-bond acceptors (Lipinski definition) is 7. The Kier molecular flexibility index (Phi) is 6.26. The van der Waals surface area contributed by atoms with Gasteiger partial charge in [0.25, 0.3) is 5.91 Å². The van der Waals surface area contributed by atoms with Crippen molar-refractivity contribution in [1.29, 1.82) is 0 Å². The van der Waals surface area contributed by atoms with Gasteiger partial charge in [-0.25, -0.2) is 0 Å². The molecular weight excluding hydrogens is 380 g/mol. The highest BCUT2D eigenvalue weighted by Gasteiger charge is 2.26. The Bertz CT molecular complexity index is 742. The first-order valence-corrected chi connectivity index (χ1v) is 11.3. The SMILES string of the molecule is O=C(c1cnsn1)N1CCC(Oc2cccc(CN3CCSCC3)c2)CC1. The van der Waals surface area contributed by atoms with Crippen LogP contribution in [0.15, 0.2) is 30.5 Å². The fourth-order valence-electron chi connectivity index (χ4n) is 3.52. The van der Waals surface area contributed by atoms with E-state index in [0.717, 1.165) is 50.0 Å². The van der Waals surface area contributed by atoms with E-state index in [4.69, 9.17) is 4.74 Å². The molecule has 27 heavy (non-hydrogen) atoms. The topological polar surface area (TPSA) is 58.6 Å². The van der Waals surface area contributed by atoms with E-state index < -0.39 is 0 Å². The zero-order valence-electron chi connectivity index (χ0n) is 15.2. The third-order valence-electron chi connectivity index (χ3n) is 5.02. The van der Waals surface area contributed by atoms with Crippen LogP contribution in [0.25, 0.3) is 0 Å². The fraction of sp³-hybridized carbons (Fsp3) is 0.526. The molecule has 0 radical (unpaired) electrons. The molecule has 4 rings (SSSR count). The van der Waals surface area contributed by atoms with Gasteiger partial charge in [-0.15, -0.1) is 0 Å². The standard InChI is InChI=1S/C19H24N4O2S2/c24-19(18-13-20-27-21-18)23-6-4-16(5-7-23)25-17-3-1-2-15(12-17)14-22-8-10-26-11-9-22/h1-3,12-13,16H,4-11,14H2. The van der Waals surface area contributed by atoms with Gasteiger partial charge in [0.2, 0.25) is 0 Å². The second-order valence-corrected chi connectivity index (χ2v) is 8.72. The van der Waals surface area contributed by atoms with Crippen molar-refractivity contribution in [3.8, 4) is 5.75 Å². The molecule has 0 aliphatic carbocycles. The van der Waals surface area contributed by atoms with Crippen molar-refractivity contribution in [1.82, 2.24) is 18.5 Å². The molecule has 3 heterocycles. The minimum absolute atomic E-state index is 0.0242. The van der Waals surface area contributed by atoms with Gasteiger partial charge < -0.3 is 9.64 Å². The Hall–Kier alpha value is -1.64. The number of ether oxygens (including phenoxy) is 1. The van der Waals surface area contributed by atoms with Crippen molar-refractivity contribution in [3.63, 3.8) is 0 Å². The average molecular weight is 405 g/mol. The van der Waals surface area contributed by atoms with Gasteiger partial charge >= 0.3 is 0 Å². The molecule has 2 aromatic rings. The number of aromatic nitrogens is 2. The van der Waals surface area contributed by atoms with Crippen molar-refractivity contribution < 1.29 is 9.53 Å². The summed E-state index contributed by atoms with van der Waals surface area (Å²) in [5.74, 6) is 3.37. The molecule has 0 spiro atoms. The third-order valence-corrected chi connectivity index (χ3v) is 6.44. The minimum Gasteiger partial charge on any atom is -0.490 e. The quantitative estimate of drug-likeness (QED) is 0.764. The van der Waals surface area contributed by atoms with Gasteiger partial charge in [0.15, 0.2) is 5.69 Å². The van der Waals surface area contributed by atoms with E-state index in [0.29, 0.717) is 18.8 Å². The zero-order chi connectivity index (χ0) is 18.5. The Morgan fingerprint density at radius 1 is 1.19 bits per heavy atom. The largest absolute Gasteiger partial charge is 0.490 e. The number of rotatable bonds is 5. The number of thioether (sulfide) groups is 1. The predicted molar refractivity (Wildman–Crippen MR) is 109 cm³/mol. The molecule has 1 amide bonds. The van der Waals surface area contributed by atoms with Crippen LogP contribution in [-0.2, 0) is 6.54 Å². The van der Waals surface area contributed by atoms with Crippen molar-refractivity contribution in [2.75, 3.05) is 37.7 Å². The average Bonchev–Trinajstić information content (AvgIpc) is 3.24. The van der Waals surface area contributed by atoms with Crippen molar-refractivity contribution >= 4 is 29.4 Å². The maximum Gasteiger partial charge on any atom is 0.275 e. The first-order valence-electron chi connectivity index (χ1n) is 9.40. The van der Waals surface area contributed by atoms with E-state index in [2.05, 4.69) is 31.8 Å². The minimum atomic E-state index is -0.0242. The number of hydrogen-bond donors (Lipinski definition) is 0. The van der Waals surface area contributed by atoms with E-state index in [1.807, 2.05) is 22.7 Å². The lowest BCUT2D eigenvalue weighted by molar-refractivity contribution is 0.0591. The van der Waals surface area contributed by atoms with Crippen LogP contribution in [-0.4, -0.2) is 68.2 Å². The second-order valence-electron chi connectivity index (χ2n) is 6.94. The molecule has 2 aliphatic rings. The van der Waals surface area contributed by atoms with Gasteiger partial charge in [0.05, 0.1) is 17.9 Å². The molecule has 2 fully saturated rings. The molecule has 0 bridgehead atoms. The molecule has 144 valence electrons. The summed E-state index contributed by atoms with van der Waals surface area (Å²) in [7, 11) is 0. The summed E-state index contributed by atoms with van der Waals surface area (Å²) in [6, 6.07) is 8.46. The maximum atomic E-state index is 12.3. The number of likely N-dealkylation sites (tertiary alicyclic amines) is 1. The van der Waals surface area contributed by atoms with Crippen LogP contribution in [0.3, 0.4) is 0 Å². The van der Waals surface area contributed by atoms with Gasteiger partial charge in [-0.05, 0) is 17.7 Å². The molecule has 0 saturated carbocycles. The summed E-state index contributed by atoms with van der Waals surface area (Å²) < 4.78 is 14.2. The number of piperidine rings is 1. The van der Waals surface area contributed by atoms with E-state index in [9.17, 15) is 4.79 Å². The van der Waals surface area contributed by atoms with Crippen LogP contribution in [0, 0.1) is 0 Å². The van der Waals surface area contributed by atoms with Crippen LogP contribution in [0.2, 0.25) is 0 Å². The highest BCUT2D eigenvalue weighted by Crippen LogP contribution is 2.22. The molecule has 2 saturated heterocycles. The normalized spacial score (nSPS) is 19.2. The molecule has 1 aromatic heterocycles. The van der Waals surface area contributed by atoms with E-state index >= 15 is 0 Å². The number of nitrogens with zero attached hydrogens (tertiary/aromatic N) is 4. The van der Waals surface area contributed by atoms with E-state index in [-0.39, 0.29) is 12.0 Å². The third kappa shape index (κ3) is 5.00. The first kappa shape index (κ1) is 18.7. The van der Waals surface area contributed by atoms with Crippen LogP contribution in [0.1, 0.15) is 28.9 Å². The number of amides is 1. The molecule has 0 atom stereocenters. The Morgan fingerprint density at radius 2 is 2.00 bits per heavy atom. The summed E-state index contributed by atoms with van der Waals surface area (Å²) in [4.78, 5) is 16.7. The lowest BCUT2D eigenvalue weighted by atomic mass is 10.1. The van der Waals surface area contributed by atoms with Gasteiger partial charge in [-0.2, -0.15) is 20.5 Å². The van der Waals surface area contributed by atoms with Crippen LogP contribution < -0.4 is 4.74 Å². The van der Waals surface area contributed by atoms with E-state index in [1.165, 1.54) is 17.1 Å². The molecule has 1 aromatic carbocycles. The van der Waals surface area contributed by atoms with Gasteiger partial charge in [0, 0.05) is 57.1 Å². The second kappa shape index (κ2) is 9.03. The molecule has 8 heteroatoms. The molecular formula is C19H24N4O2S2. The molecule has 6 nitrogen and oxygen atoms in total. The molecule has 0 N–H and O–H groups in total. The summed E-state index contributed by atoms with van der Waals surface area (Å²) >= 11 is 3.11. The van der Waals surface area contributed by atoms with Crippen molar-refractivity contribution in [2.45, 2.75) is 25.5 Å². The Morgan fingerprint density at radius 3 is 2.74 bits per heavy atom. The predicted octanol–water partition coefficient (Wildman–Crippen LogP) is 2.77. The van der Waals surface area contributed by atoms with Crippen molar-refractivity contribution in [3.05, 3.63) is 41.7 Å². The smallest absolute Gasteiger partial charge is 0.275 e. The van der Waals surface area contributed by atoms with Crippen molar-refractivity contribution in [2.24, 2.45) is 0 Å². The van der Waals surface area contributed by atoms with E-state index in [1.54, 1.807) is 6.20 Å². The number of carbonyl (C=O) groups is 1. The lowest BCUT2D eigenvalue weighted by Crippen LogP contribution is -2.41. The zero-order valence-corrected chi connectivity index (χ0v) is 16.9. The highest BCUT2D eigenvalue weighted by atomic mass is 32.2. The van der Waals surface area contributed by atoms with Gasteiger partial charge in [0.1, 0.15) is 11.9 Å². The number of benzene rings is 1. The fourth-order valence-corrected chi connectivity index (χ4v) is 4.91. The molecule has 0 unspecified atom stereocenters.